The van der Waals surface area contributed by atoms with Gasteiger partial charge in [-0.05, 0) is 5.56 Å². The van der Waals surface area contributed by atoms with Gasteiger partial charge in [-0.2, -0.15) is 0 Å². The number of amides is 1. The van der Waals surface area contributed by atoms with E-state index in [-0.39, 0.29) is 6.42 Å². The first-order chi connectivity index (χ1) is 4.79. The minimum atomic E-state index is -0.536. The highest BCUT2D eigenvalue weighted by Gasteiger charge is 1.95. The lowest BCUT2D eigenvalue weighted by Crippen LogP contribution is -2.01. The molecule has 0 atom stereocenters. The maximum Gasteiger partial charge on any atom is 0.242 e. The number of carbonyl (C=O) groups excluding carboxylic acids is 1. The Hall–Kier alpha value is -1.31. The summed E-state index contributed by atoms with van der Waals surface area (Å²) in [5, 5.41) is 0. The van der Waals surface area contributed by atoms with Crippen LogP contribution in [0, 0.1) is 0 Å². The molecule has 1 radical (unpaired) electrons. The molecule has 1 rings (SSSR count). The van der Waals surface area contributed by atoms with Crippen LogP contribution in [0.25, 0.3) is 0 Å². The van der Waals surface area contributed by atoms with Gasteiger partial charge in [-0.1, -0.05) is 30.3 Å². The summed E-state index contributed by atoms with van der Waals surface area (Å²) >= 11 is 0. The fraction of sp³-hybridized carbons (Fsp3) is 0.125. The largest absolute Gasteiger partial charge is 0.273 e. The zero-order valence-electron chi connectivity index (χ0n) is 5.50. The number of carbonyl (C=O) groups is 1. The molecule has 51 valence electrons. The smallest absolute Gasteiger partial charge is 0.242 e. The first-order valence-electron chi connectivity index (χ1n) is 3.07. The summed E-state index contributed by atoms with van der Waals surface area (Å²) in [6.07, 6.45) is 0.223. The number of benzene rings is 1. The molecule has 0 spiro atoms. The van der Waals surface area contributed by atoms with Crippen LogP contribution in [0.2, 0.25) is 0 Å². The predicted octanol–water partition coefficient (Wildman–Crippen LogP) is 1.04. The monoisotopic (exact) mass is 134 g/mol. The van der Waals surface area contributed by atoms with Gasteiger partial charge in [-0.15, -0.1) is 0 Å². The molecule has 0 fully saturated rings. The average Bonchev–Trinajstić information content (AvgIpc) is 1.88. The zero-order chi connectivity index (χ0) is 7.40. The molecule has 1 amide bonds. The Bertz CT molecular complexity index is 218. The summed E-state index contributed by atoms with van der Waals surface area (Å²) in [6, 6.07) is 9.29. The minimum Gasteiger partial charge on any atom is -0.273 e. The fourth-order valence-corrected chi connectivity index (χ4v) is 0.781. The minimum absolute atomic E-state index is 0.223. The van der Waals surface area contributed by atoms with Crippen molar-refractivity contribution in [1.29, 1.82) is 0 Å². The molecule has 2 heteroatoms. The molecule has 0 saturated heterocycles. The third-order valence-corrected chi connectivity index (χ3v) is 1.21. The lowest BCUT2D eigenvalue weighted by molar-refractivity contribution is -0.118. The molecule has 2 nitrogen and oxygen atoms in total. The van der Waals surface area contributed by atoms with Gasteiger partial charge in [0.2, 0.25) is 5.91 Å². The lowest BCUT2D eigenvalue weighted by atomic mass is 10.1. The quantitative estimate of drug-likeness (QED) is 0.595. The number of hydrogen-bond donors (Lipinski definition) is 0. The average molecular weight is 134 g/mol. The molecule has 0 aliphatic heterocycles. The van der Waals surface area contributed by atoms with Crippen molar-refractivity contribution in [3.05, 3.63) is 35.9 Å². The summed E-state index contributed by atoms with van der Waals surface area (Å²) in [4.78, 5) is 10.3. The molecule has 0 aromatic heterocycles. The van der Waals surface area contributed by atoms with Crippen molar-refractivity contribution < 1.29 is 4.79 Å². The van der Waals surface area contributed by atoms with E-state index in [2.05, 4.69) is 0 Å². The van der Waals surface area contributed by atoms with Gasteiger partial charge in [0.25, 0.3) is 0 Å². The molecule has 1 aromatic carbocycles. The van der Waals surface area contributed by atoms with Gasteiger partial charge in [0.15, 0.2) is 0 Å². The van der Waals surface area contributed by atoms with Crippen LogP contribution in [0.1, 0.15) is 5.56 Å². The van der Waals surface area contributed by atoms with Crippen molar-refractivity contribution in [1.82, 2.24) is 5.73 Å². The van der Waals surface area contributed by atoms with Crippen molar-refractivity contribution in [2.75, 3.05) is 0 Å². The van der Waals surface area contributed by atoms with Crippen molar-refractivity contribution in [2.24, 2.45) is 0 Å². The molecule has 1 aromatic rings. The SMILES string of the molecule is [NH]C(=O)Cc1ccccc1. The van der Waals surface area contributed by atoms with Crippen LogP contribution in [-0.2, 0) is 11.2 Å². The van der Waals surface area contributed by atoms with E-state index in [1.54, 1.807) is 0 Å². The Labute approximate surface area is 59.7 Å². The Kier molecular flexibility index (Phi) is 2.05. The number of rotatable bonds is 2. The molecule has 0 aliphatic carbocycles. The Morgan fingerprint density at radius 1 is 1.30 bits per heavy atom. The summed E-state index contributed by atoms with van der Waals surface area (Å²) in [5.41, 5.74) is 7.58. The van der Waals surface area contributed by atoms with Crippen molar-refractivity contribution in [3.63, 3.8) is 0 Å². The molecule has 1 N–H and O–H groups in total. The number of hydrogen-bond acceptors (Lipinski definition) is 1. The van der Waals surface area contributed by atoms with E-state index in [1.807, 2.05) is 30.3 Å². The van der Waals surface area contributed by atoms with Gasteiger partial charge < -0.3 is 0 Å². The van der Waals surface area contributed by atoms with E-state index in [4.69, 9.17) is 5.73 Å². The molecule has 0 aliphatic rings. The highest BCUT2D eigenvalue weighted by molar-refractivity contribution is 5.75. The van der Waals surface area contributed by atoms with E-state index < -0.39 is 5.91 Å². The molecule has 0 saturated carbocycles. The van der Waals surface area contributed by atoms with Crippen molar-refractivity contribution >= 4 is 5.91 Å². The zero-order valence-corrected chi connectivity index (χ0v) is 5.50. The molecular formula is C8H8NO. The van der Waals surface area contributed by atoms with E-state index in [9.17, 15) is 4.79 Å². The second-order valence-electron chi connectivity index (χ2n) is 2.09. The maximum absolute atomic E-state index is 10.3. The van der Waals surface area contributed by atoms with Crippen LogP contribution in [0.3, 0.4) is 0 Å². The van der Waals surface area contributed by atoms with Crippen LogP contribution in [-0.4, -0.2) is 5.91 Å². The summed E-state index contributed by atoms with van der Waals surface area (Å²) in [7, 11) is 0. The summed E-state index contributed by atoms with van der Waals surface area (Å²) < 4.78 is 0. The predicted molar refractivity (Wildman–Crippen MR) is 38.2 cm³/mol. The Balaban J connectivity index is 2.67. The molecule has 0 bridgehead atoms. The normalized spacial score (nSPS) is 9.20. The summed E-state index contributed by atoms with van der Waals surface area (Å²) in [6.45, 7) is 0. The lowest BCUT2D eigenvalue weighted by Gasteiger charge is -1.92. The Morgan fingerprint density at radius 3 is 2.40 bits per heavy atom. The molecule has 0 unspecified atom stereocenters. The van der Waals surface area contributed by atoms with E-state index in [0.29, 0.717) is 0 Å². The third-order valence-electron chi connectivity index (χ3n) is 1.21. The first-order valence-corrected chi connectivity index (χ1v) is 3.07. The topological polar surface area (TPSA) is 40.9 Å². The van der Waals surface area contributed by atoms with Crippen molar-refractivity contribution in [2.45, 2.75) is 6.42 Å². The number of nitrogens with one attached hydrogen (secondary N) is 1. The van der Waals surface area contributed by atoms with Gasteiger partial charge in [0.1, 0.15) is 0 Å². The van der Waals surface area contributed by atoms with Gasteiger partial charge in [0.05, 0.1) is 6.42 Å². The molecule has 10 heavy (non-hydrogen) atoms. The van der Waals surface area contributed by atoms with Gasteiger partial charge in [-0.3, -0.25) is 10.5 Å². The second kappa shape index (κ2) is 3.01. The first kappa shape index (κ1) is 6.81. The van der Waals surface area contributed by atoms with Crippen LogP contribution >= 0.6 is 0 Å². The van der Waals surface area contributed by atoms with Crippen molar-refractivity contribution in [3.8, 4) is 0 Å². The summed E-state index contributed by atoms with van der Waals surface area (Å²) in [5.74, 6) is -0.536. The standard InChI is InChI=1S/C8H8NO/c9-8(10)6-7-4-2-1-3-5-7/h1-5,9H,6H2. The fourth-order valence-electron chi connectivity index (χ4n) is 0.781. The van der Waals surface area contributed by atoms with Gasteiger partial charge in [0, 0.05) is 0 Å². The van der Waals surface area contributed by atoms with Crippen LogP contribution < -0.4 is 5.73 Å². The highest BCUT2D eigenvalue weighted by Crippen LogP contribution is 1.97. The van der Waals surface area contributed by atoms with E-state index >= 15 is 0 Å². The van der Waals surface area contributed by atoms with E-state index in [0.717, 1.165) is 5.56 Å². The van der Waals surface area contributed by atoms with Gasteiger partial charge in [-0.25, -0.2) is 0 Å². The molecule has 0 heterocycles. The highest BCUT2D eigenvalue weighted by atomic mass is 16.1. The van der Waals surface area contributed by atoms with Crippen LogP contribution in [0.15, 0.2) is 30.3 Å². The third kappa shape index (κ3) is 1.90. The van der Waals surface area contributed by atoms with Crippen LogP contribution in [0.4, 0.5) is 0 Å². The Morgan fingerprint density at radius 2 is 1.90 bits per heavy atom. The van der Waals surface area contributed by atoms with Crippen LogP contribution in [0.5, 0.6) is 0 Å². The van der Waals surface area contributed by atoms with Gasteiger partial charge >= 0.3 is 0 Å². The van der Waals surface area contributed by atoms with E-state index in [1.165, 1.54) is 0 Å². The molecular weight excluding hydrogens is 126 g/mol. The second-order valence-corrected chi connectivity index (χ2v) is 2.09. The maximum atomic E-state index is 10.3.